The van der Waals surface area contributed by atoms with E-state index in [0.29, 0.717) is 6.54 Å². The second kappa shape index (κ2) is 4.31. The van der Waals surface area contributed by atoms with Crippen LogP contribution in [0.3, 0.4) is 0 Å². The molecule has 0 aliphatic heterocycles. The second-order valence-corrected chi connectivity index (χ2v) is 2.54. The van der Waals surface area contributed by atoms with Gasteiger partial charge in [0, 0.05) is 6.54 Å². The number of carbonyl (C=O) groups excluding carboxylic acids is 1. The highest BCUT2D eigenvalue weighted by Crippen LogP contribution is 2.19. The predicted molar refractivity (Wildman–Crippen MR) is 52.8 cm³/mol. The molecule has 0 fully saturated rings. The number of pyridine rings is 1. The summed E-state index contributed by atoms with van der Waals surface area (Å²) in [5, 5.41) is 2.46. The maximum atomic E-state index is 11.0. The van der Waals surface area contributed by atoms with E-state index < -0.39 is 6.09 Å². The van der Waals surface area contributed by atoms with Gasteiger partial charge in [-0.25, -0.2) is 9.78 Å². The SMILES string of the molecule is CCNC(=O)Oc1ccc(N)nc1N. The zero-order valence-electron chi connectivity index (χ0n) is 7.78. The summed E-state index contributed by atoms with van der Waals surface area (Å²) in [7, 11) is 0. The van der Waals surface area contributed by atoms with Crippen molar-refractivity contribution in [3.63, 3.8) is 0 Å². The van der Waals surface area contributed by atoms with Crippen molar-refractivity contribution in [2.24, 2.45) is 0 Å². The molecule has 1 aromatic rings. The Bertz CT molecular complexity index is 340. The zero-order chi connectivity index (χ0) is 10.6. The first-order valence-corrected chi connectivity index (χ1v) is 4.11. The number of nitrogens with zero attached hydrogens (tertiary/aromatic N) is 1. The van der Waals surface area contributed by atoms with E-state index >= 15 is 0 Å². The number of carbonyl (C=O) groups is 1. The van der Waals surface area contributed by atoms with E-state index in [4.69, 9.17) is 16.2 Å². The van der Waals surface area contributed by atoms with E-state index in [9.17, 15) is 4.79 Å². The van der Waals surface area contributed by atoms with Crippen molar-refractivity contribution in [1.82, 2.24) is 10.3 Å². The van der Waals surface area contributed by atoms with E-state index in [-0.39, 0.29) is 17.4 Å². The third kappa shape index (κ3) is 2.51. The van der Waals surface area contributed by atoms with E-state index in [1.807, 2.05) is 0 Å². The Hall–Kier alpha value is -1.98. The summed E-state index contributed by atoms with van der Waals surface area (Å²) in [4.78, 5) is 14.7. The summed E-state index contributed by atoms with van der Waals surface area (Å²) < 4.78 is 4.85. The van der Waals surface area contributed by atoms with Crippen LogP contribution in [-0.4, -0.2) is 17.6 Å². The molecule has 0 aromatic carbocycles. The molecule has 76 valence electrons. The number of hydrogen-bond acceptors (Lipinski definition) is 5. The molecule has 0 saturated carbocycles. The number of nitrogen functional groups attached to an aromatic ring is 2. The molecule has 5 N–H and O–H groups in total. The van der Waals surface area contributed by atoms with Crippen LogP contribution in [0.1, 0.15) is 6.92 Å². The molecule has 0 radical (unpaired) electrons. The summed E-state index contributed by atoms with van der Waals surface area (Å²) in [5.41, 5.74) is 10.8. The van der Waals surface area contributed by atoms with Gasteiger partial charge in [-0.15, -0.1) is 0 Å². The van der Waals surface area contributed by atoms with Gasteiger partial charge in [-0.1, -0.05) is 0 Å². The van der Waals surface area contributed by atoms with Gasteiger partial charge in [0.15, 0.2) is 11.6 Å². The number of hydrogen-bond donors (Lipinski definition) is 3. The molecular weight excluding hydrogens is 184 g/mol. The highest BCUT2D eigenvalue weighted by atomic mass is 16.6. The fraction of sp³-hybridized carbons (Fsp3) is 0.250. The Morgan fingerprint density at radius 2 is 2.29 bits per heavy atom. The molecule has 0 bridgehead atoms. The van der Waals surface area contributed by atoms with Gasteiger partial charge < -0.3 is 21.5 Å². The number of aromatic nitrogens is 1. The molecule has 0 aliphatic rings. The van der Waals surface area contributed by atoms with Crippen LogP contribution in [0.4, 0.5) is 16.4 Å². The average Bonchev–Trinajstić information content (AvgIpc) is 2.10. The summed E-state index contributed by atoms with van der Waals surface area (Å²) in [6.45, 7) is 2.27. The first-order chi connectivity index (χ1) is 6.63. The monoisotopic (exact) mass is 196 g/mol. The summed E-state index contributed by atoms with van der Waals surface area (Å²) in [5.74, 6) is 0.576. The van der Waals surface area contributed by atoms with E-state index in [0.717, 1.165) is 0 Å². The molecule has 6 heteroatoms. The standard InChI is InChI=1S/C8H12N4O2/c1-2-11-8(13)14-5-3-4-6(9)12-7(5)10/h3-4H,2H2,1H3,(H,11,13)(H4,9,10,12). The third-order valence-electron chi connectivity index (χ3n) is 1.43. The molecular formula is C8H12N4O2. The van der Waals surface area contributed by atoms with Gasteiger partial charge in [-0.05, 0) is 19.1 Å². The minimum atomic E-state index is -0.564. The van der Waals surface area contributed by atoms with Crippen molar-refractivity contribution in [1.29, 1.82) is 0 Å². The minimum absolute atomic E-state index is 0.0938. The summed E-state index contributed by atoms with van der Waals surface area (Å²) in [6, 6.07) is 3.00. The predicted octanol–water partition coefficient (Wildman–Crippen LogP) is 0.354. The van der Waals surface area contributed by atoms with E-state index in [1.165, 1.54) is 12.1 Å². The van der Waals surface area contributed by atoms with Crippen molar-refractivity contribution in [2.75, 3.05) is 18.0 Å². The Labute approximate surface area is 81.3 Å². The van der Waals surface area contributed by atoms with Gasteiger partial charge in [-0.3, -0.25) is 0 Å². The van der Waals surface area contributed by atoms with Crippen LogP contribution < -0.4 is 21.5 Å². The molecule has 0 atom stereocenters. The lowest BCUT2D eigenvalue weighted by Crippen LogP contribution is -2.26. The van der Waals surface area contributed by atoms with Gasteiger partial charge in [0.2, 0.25) is 0 Å². The Kier molecular flexibility index (Phi) is 3.11. The number of rotatable bonds is 2. The van der Waals surface area contributed by atoms with Gasteiger partial charge >= 0.3 is 6.09 Å². The summed E-state index contributed by atoms with van der Waals surface area (Å²) in [6.07, 6.45) is -0.564. The minimum Gasteiger partial charge on any atom is -0.406 e. The van der Waals surface area contributed by atoms with Crippen molar-refractivity contribution in [2.45, 2.75) is 6.92 Å². The lowest BCUT2D eigenvalue weighted by Gasteiger charge is -2.06. The topological polar surface area (TPSA) is 103 Å². The van der Waals surface area contributed by atoms with Crippen molar-refractivity contribution < 1.29 is 9.53 Å². The quantitative estimate of drug-likeness (QED) is 0.633. The highest BCUT2D eigenvalue weighted by molar-refractivity contribution is 5.72. The van der Waals surface area contributed by atoms with Crippen LogP contribution in [0.5, 0.6) is 5.75 Å². The maximum Gasteiger partial charge on any atom is 0.412 e. The lowest BCUT2D eigenvalue weighted by atomic mass is 10.4. The van der Waals surface area contributed by atoms with Gasteiger partial charge in [0.05, 0.1) is 0 Å². The molecule has 0 aliphatic carbocycles. The number of anilines is 2. The molecule has 6 nitrogen and oxygen atoms in total. The fourth-order valence-electron chi connectivity index (χ4n) is 0.844. The Morgan fingerprint density at radius 3 is 2.86 bits per heavy atom. The van der Waals surface area contributed by atoms with Crippen LogP contribution >= 0.6 is 0 Å². The van der Waals surface area contributed by atoms with Crippen LogP contribution in [0.2, 0.25) is 0 Å². The van der Waals surface area contributed by atoms with Crippen LogP contribution in [-0.2, 0) is 0 Å². The van der Waals surface area contributed by atoms with Gasteiger partial charge in [0.1, 0.15) is 5.82 Å². The molecule has 1 rings (SSSR count). The molecule has 1 heterocycles. The largest absolute Gasteiger partial charge is 0.412 e. The van der Waals surface area contributed by atoms with Crippen LogP contribution in [0, 0.1) is 0 Å². The van der Waals surface area contributed by atoms with Crippen molar-refractivity contribution in [3.05, 3.63) is 12.1 Å². The lowest BCUT2D eigenvalue weighted by molar-refractivity contribution is 0.201. The first kappa shape index (κ1) is 10.1. The van der Waals surface area contributed by atoms with Crippen LogP contribution in [0.25, 0.3) is 0 Å². The number of nitrogens with one attached hydrogen (secondary N) is 1. The van der Waals surface area contributed by atoms with Crippen molar-refractivity contribution in [3.8, 4) is 5.75 Å². The molecule has 1 aromatic heterocycles. The van der Waals surface area contributed by atoms with Gasteiger partial charge in [0.25, 0.3) is 0 Å². The molecule has 0 unspecified atom stereocenters. The number of nitrogens with two attached hydrogens (primary N) is 2. The smallest absolute Gasteiger partial charge is 0.406 e. The second-order valence-electron chi connectivity index (χ2n) is 2.54. The maximum absolute atomic E-state index is 11.0. The van der Waals surface area contributed by atoms with Gasteiger partial charge in [-0.2, -0.15) is 0 Å². The van der Waals surface area contributed by atoms with E-state index in [1.54, 1.807) is 6.92 Å². The Morgan fingerprint density at radius 1 is 1.57 bits per heavy atom. The van der Waals surface area contributed by atoms with E-state index in [2.05, 4.69) is 10.3 Å². The normalized spacial score (nSPS) is 9.50. The van der Waals surface area contributed by atoms with Crippen molar-refractivity contribution >= 4 is 17.7 Å². The molecule has 14 heavy (non-hydrogen) atoms. The first-order valence-electron chi connectivity index (χ1n) is 4.11. The summed E-state index contributed by atoms with van der Waals surface area (Å²) >= 11 is 0. The average molecular weight is 196 g/mol. The molecule has 0 spiro atoms. The zero-order valence-corrected chi connectivity index (χ0v) is 7.78. The highest BCUT2D eigenvalue weighted by Gasteiger charge is 2.06. The molecule has 1 amide bonds. The number of ether oxygens (including phenoxy) is 1. The molecule has 0 saturated heterocycles. The number of amides is 1. The third-order valence-corrected chi connectivity index (χ3v) is 1.43. The van der Waals surface area contributed by atoms with Crippen LogP contribution in [0.15, 0.2) is 12.1 Å². The fourth-order valence-corrected chi connectivity index (χ4v) is 0.844. The Balaban J connectivity index is 2.72.